The lowest BCUT2D eigenvalue weighted by Crippen LogP contribution is -2.40. The van der Waals surface area contributed by atoms with Gasteiger partial charge in [-0.05, 0) is 57.1 Å². The second-order valence-corrected chi connectivity index (χ2v) is 7.14. The van der Waals surface area contributed by atoms with E-state index in [1.165, 1.54) is 37.5 Å². The number of carbonyl (C=O) groups is 2. The lowest BCUT2D eigenvalue weighted by Gasteiger charge is -2.33. The lowest BCUT2D eigenvalue weighted by atomic mass is 10.1. The second-order valence-electron chi connectivity index (χ2n) is 6.06. The number of ketones is 1. The first-order valence-corrected chi connectivity index (χ1v) is 9.13. The van der Waals surface area contributed by atoms with Crippen molar-refractivity contribution in [1.29, 1.82) is 0 Å². The molecule has 2 aromatic rings. The van der Waals surface area contributed by atoms with Gasteiger partial charge in [-0.25, -0.2) is 0 Å². The highest BCUT2D eigenvalue weighted by atomic mass is 32.1. The zero-order valence-corrected chi connectivity index (χ0v) is 14.6. The smallest absolute Gasteiger partial charge is 0.261 e. The molecule has 1 fully saturated rings. The van der Waals surface area contributed by atoms with E-state index in [1.54, 1.807) is 18.4 Å². The van der Waals surface area contributed by atoms with Crippen LogP contribution in [0.2, 0.25) is 0 Å². The van der Waals surface area contributed by atoms with E-state index in [-0.39, 0.29) is 17.7 Å². The van der Waals surface area contributed by atoms with Crippen molar-refractivity contribution in [1.82, 2.24) is 10.2 Å². The predicted molar refractivity (Wildman–Crippen MR) is 93.5 cm³/mol. The van der Waals surface area contributed by atoms with E-state index >= 15 is 0 Å². The Morgan fingerprint density at radius 2 is 1.96 bits per heavy atom. The predicted octanol–water partition coefficient (Wildman–Crippen LogP) is 3.50. The number of hydrogen-bond donors (Lipinski definition) is 1. The van der Waals surface area contributed by atoms with Crippen molar-refractivity contribution in [2.24, 2.45) is 0 Å². The van der Waals surface area contributed by atoms with Crippen molar-refractivity contribution >= 4 is 23.0 Å². The molecule has 6 heteroatoms. The van der Waals surface area contributed by atoms with Gasteiger partial charge in [-0.15, -0.1) is 11.3 Å². The molecule has 3 rings (SSSR count). The van der Waals surface area contributed by atoms with Gasteiger partial charge < -0.3 is 9.73 Å². The van der Waals surface area contributed by atoms with Crippen LogP contribution in [0.3, 0.4) is 0 Å². The average molecular weight is 346 g/mol. The molecule has 1 amide bonds. The van der Waals surface area contributed by atoms with Crippen LogP contribution in [-0.2, 0) is 0 Å². The normalized spacial score (nSPS) is 16.7. The summed E-state index contributed by atoms with van der Waals surface area (Å²) in [6.07, 6.45) is 5.29. The van der Waals surface area contributed by atoms with Crippen molar-refractivity contribution in [3.8, 4) is 0 Å². The van der Waals surface area contributed by atoms with Crippen LogP contribution in [0.15, 0.2) is 34.9 Å². The summed E-state index contributed by atoms with van der Waals surface area (Å²) in [5, 5.41) is 3.00. The van der Waals surface area contributed by atoms with Crippen molar-refractivity contribution < 1.29 is 14.0 Å². The SMILES string of the molecule is CC(=O)c1ccc(C(=O)NC[C@@H](c2ccco2)N2CCCCC2)s1. The second kappa shape index (κ2) is 7.77. The Morgan fingerprint density at radius 1 is 1.21 bits per heavy atom. The molecule has 1 aliphatic rings. The Morgan fingerprint density at radius 3 is 2.58 bits per heavy atom. The molecule has 0 radical (unpaired) electrons. The van der Waals surface area contributed by atoms with Gasteiger partial charge in [0.1, 0.15) is 5.76 Å². The number of carbonyl (C=O) groups excluding carboxylic acids is 2. The molecule has 0 saturated carbocycles. The van der Waals surface area contributed by atoms with Crippen molar-refractivity contribution in [2.75, 3.05) is 19.6 Å². The molecule has 0 aromatic carbocycles. The van der Waals surface area contributed by atoms with E-state index < -0.39 is 0 Å². The van der Waals surface area contributed by atoms with Crippen LogP contribution in [0, 0.1) is 0 Å². The number of thiophene rings is 1. The highest BCUT2D eigenvalue weighted by molar-refractivity contribution is 7.15. The van der Waals surface area contributed by atoms with Gasteiger partial charge in [0.15, 0.2) is 5.78 Å². The molecule has 24 heavy (non-hydrogen) atoms. The number of furan rings is 1. The van der Waals surface area contributed by atoms with Gasteiger partial charge in [0.25, 0.3) is 5.91 Å². The Kier molecular flexibility index (Phi) is 5.48. The summed E-state index contributed by atoms with van der Waals surface area (Å²) in [5.74, 6) is 0.731. The average Bonchev–Trinajstić information content (AvgIpc) is 3.28. The van der Waals surface area contributed by atoms with Crippen LogP contribution >= 0.6 is 11.3 Å². The maximum atomic E-state index is 12.4. The number of amides is 1. The Balaban J connectivity index is 1.66. The molecular weight excluding hydrogens is 324 g/mol. The van der Waals surface area contributed by atoms with Gasteiger partial charge in [0.05, 0.1) is 22.1 Å². The molecule has 0 aliphatic carbocycles. The minimum Gasteiger partial charge on any atom is -0.468 e. The summed E-state index contributed by atoms with van der Waals surface area (Å²) in [4.78, 5) is 27.3. The van der Waals surface area contributed by atoms with Crippen molar-refractivity contribution in [3.05, 3.63) is 46.0 Å². The Bertz CT molecular complexity index is 687. The number of rotatable bonds is 6. The number of likely N-dealkylation sites (tertiary alicyclic amines) is 1. The van der Waals surface area contributed by atoms with E-state index in [0.717, 1.165) is 18.8 Å². The first-order chi connectivity index (χ1) is 11.6. The lowest BCUT2D eigenvalue weighted by molar-refractivity contribution is 0.0917. The molecular formula is C18H22N2O3S. The molecule has 1 atom stereocenters. The minimum atomic E-state index is -0.138. The molecule has 2 aromatic heterocycles. The van der Waals surface area contributed by atoms with E-state index in [1.807, 2.05) is 12.1 Å². The first kappa shape index (κ1) is 16.9. The summed E-state index contributed by atoms with van der Waals surface area (Å²) >= 11 is 1.24. The summed E-state index contributed by atoms with van der Waals surface area (Å²) < 4.78 is 5.59. The molecule has 1 saturated heterocycles. The Hall–Kier alpha value is -1.92. The first-order valence-electron chi connectivity index (χ1n) is 8.31. The number of piperidine rings is 1. The zero-order chi connectivity index (χ0) is 16.9. The van der Waals surface area contributed by atoms with Gasteiger partial charge in [-0.2, -0.15) is 0 Å². The molecule has 3 heterocycles. The number of nitrogens with zero attached hydrogens (tertiary/aromatic N) is 1. The third-order valence-corrected chi connectivity index (χ3v) is 5.52. The van der Waals surface area contributed by atoms with Crippen LogP contribution in [0.5, 0.6) is 0 Å². The maximum absolute atomic E-state index is 12.4. The van der Waals surface area contributed by atoms with Crippen LogP contribution in [0.25, 0.3) is 0 Å². The van der Waals surface area contributed by atoms with Crippen LogP contribution < -0.4 is 5.32 Å². The van der Waals surface area contributed by atoms with E-state index in [9.17, 15) is 9.59 Å². The fourth-order valence-corrected chi connectivity index (χ4v) is 3.86. The largest absolute Gasteiger partial charge is 0.468 e. The molecule has 1 aliphatic heterocycles. The standard InChI is InChI=1S/C18H22N2O3S/c1-13(21)16-7-8-17(24-16)18(22)19-12-14(15-6-5-11-23-15)20-9-3-2-4-10-20/h5-8,11,14H,2-4,9-10,12H2,1H3,(H,19,22)/t14-/m0/s1. The third kappa shape index (κ3) is 3.94. The zero-order valence-electron chi connectivity index (χ0n) is 13.8. The summed E-state index contributed by atoms with van der Waals surface area (Å²) in [6.45, 7) is 4.06. The van der Waals surface area contributed by atoms with Crippen LogP contribution in [0.1, 0.15) is 57.3 Å². The fourth-order valence-electron chi connectivity index (χ4n) is 3.05. The Labute approximate surface area is 145 Å². The van der Waals surface area contributed by atoms with Gasteiger partial charge in [-0.1, -0.05) is 6.42 Å². The number of nitrogens with one attached hydrogen (secondary N) is 1. The van der Waals surface area contributed by atoms with E-state index in [0.29, 0.717) is 16.3 Å². The maximum Gasteiger partial charge on any atom is 0.261 e. The summed E-state index contributed by atoms with van der Waals surface area (Å²) in [7, 11) is 0. The van der Waals surface area contributed by atoms with Gasteiger partial charge in [0, 0.05) is 6.54 Å². The van der Waals surface area contributed by atoms with Crippen molar-refractivity contribution in [2.45, 2.75) is 32.2 Å². The van der Waals surface area contributed by atoms with Gasteiger partial charge in [-0.3, -0.25) is 14.5 Å². The molecule has 5 nitrogen and oxygen atoms in total. The van der Waals surface area contributed by atoms with Crippen LogP contribution in [0.4, 0.5) is 0 Å². The van der Waals surface area contributed by atoms with E-state index in [4.69, 9.17) is 4.42 Å². The quantitative estimate of drug-likeness (QED) is 0.813. The van der Waals surface area contributed by atoms with Gasteiger partial charge in [0.2, 0.25) is 0 Å². The third-order valence-electron chi connectivity index (χ3n) is 4.34. The molecule has 0 spiro atoms. The summed E-state index contributed by atoms with van der Waals surface area (Å²) in [6, 6.07) is 7.31. The molecule has 128 valence electrons. The highest BCUT2D eigenvalue weighted by Gasteiger charge is 2.25. The molecule has 0 bridgehead atoms. The van der Waals surface area contributed by atoms with Crippen molar-refractivity contribution in [3.63, 3.8) is 0 Å². The number of Topliss-reactive ketones (excluding diaryl/α,β-unsaturated/α-hetero) is 1. The highest BCUT2D eigenvalue weighted by Crippen LogP contribution is 2.25. The number of hydrogen-bond acceptors (Lipinski definition) is 5. The van der Waals surface area contributed by atoms with Gasteiger partial charge >= 0.3 is 0 Å². The summed E-state index contributed by atoms with van der Waals surface area (Å²) in [5.41, 5.74) is 0. The van der Waals surface area contributed by atoms with E-state index in [2.05, 4.69) is 10.2 Å². The van der Waals surface area contributed by atoms with Crippen LogP contribution in [-0.4, -0.2) is 36.2 Å². The fraction of sp³-hybridized carbons (Fsp3) is 0.444. The topological polar surface area (TPSA) is 62.6 Å². The molecule has 1 N–H and O–H groups in total. The minimum absolute atomic E-state index is 0.0131. The molecule has 0 unspecified atom stereocenters. The monoisotopic (exact) mass is 346 g/mol.